The first-order chi connectivity index (χ1) is 9.25. The zero-order valence-corrected chi connectivity index (χ0v) is 13.1. The van der Waals surface area contributed by atoms with Gasteiger partial charge in [0.25, 0.3) is 0 Å². The molecule has 4 aliphatic rings. The van der Waals surface area contributed by atoms with Crippen LogP contribution in [0.4, 0.5) is 0 Å². The molecule has 1 spiro atoms. The lowest BCUT2D eigenvalue weighted by atomic mass is 9.42. The van der Waals surface area contributed by atoms with Gasteiger partial charge >= 0.3 is 5.97 Å². The molecule has 0 aromatic heterocycles. The summed E-state index contributed by atoms with van der Waals surface area (Å²) in [6.07, 6.45) is 9.77. The Labute approximate surface area is 122 Å². The van der Waals surface area contributed by atoms with Crippen LogP contribution >= 0.6 is 0 Å². The molecule has 110 valence electrons. The molecule has 4 aliphatic carbocycles. The van der Waals surface area contributed by atoms with Crippen molar-refractivity contribution in [2.24, 2.45) is 34.5 Å². The van der Waals surface area contributed by atoms with Crippen molar-refractivity contribution in [1.29, 1.82) is 0 Å². The van der Waals surface area contributed by atoms with Crippen molar-refractivity contribution in [2.75, 3.05) is 0 Å². The average molecular weight is 274 g/mol. The van der Waals surface area contributed by atoms with Gasteiger partial charge in [-0.3, -0.25) is 4.79 Å². The zero-order chi connectivity index (χ0) is 14.3. The molecule has 6 atom stereocenters. The van der Waals surface area contributed by atoms with Crippen molar-refractivity contribution in [1.82, 2.24) is 0 Å². The van der Waals surface area contributed by atoms with E-state index in [4.69, 9.17) is 4.74 Å². The van der Waals surface area contributed by atoms with Gasteiger partial charge in [0.05, 0.1) is 5.41 Å². The number of rotatable bonds is 1. The summed E-state index contributed by atoms with van der Waals surface area (Å²) in [6.45, 7) is 8.10. The largest absolute Gasteiger partial charge is 0.460 e. The Hall–Kier alpha value is -0.790. The fraction of sp³-hybridized carbons (Fsp3) is 0.833. The second kappa shape index (κ2) is 3.51. The Kier molecular flexibility index (Phi) is 2.27. The smallest absolute Gasteiger partial charge is 0.312 e. The minimum atomic E-state index is -0.368. The molecule has 4 rings (SSSR count). The van der Waals surface area contributed by atoms with Gasteiger partial charge < -0.3 is 4.74 Å². The molecule has 0 aromatic rings. The highest BCUT2D eigenvalue weighted by atomic mass is 16.6. The Morgan fingerprint density at radius 3 is 2.75 bits per heavy atom. The molecular formula is C18H26O2. The van der Waals surface area contributed by atoms with Gasteiger partial charge in [0.15, 0.2) is 0 Å². The quantitative estimate of drug-likeness (QED) is 0.534. The summed E-state index contributed by atoms with van der Waals surface area (Å²) < 4.78 is 5.74. The third-order valence-electron chi connectivity index (χ3n) is 6.68. The molecule has 0 heterocycles. The summed E-state index contributed by atoms with van der Waals surface area (Å²) in [4.78, 5) is 12.7. The van der Waals surface area contributed by atoms with Gasteiger partial charge in [0.2, 0.25) is 0 Å². The SMILES string of the molecule is CC(C)(C)OC(=O)C1(C)CCC2C3C=CC4(C3)CC1C24. The van der Waals surface area contributed by atoms with Crippen LogP contribution in [0.3, 0.4) is 0 Å². The first-order valence-corrected chi connectivity index (χ1v) is 8.18. The second-order valence-corrected chi connectivity index (χ2v) is 8.92. The van der Waals surface area contributed by atoms with Crippen LogP contribution in [0, 0.1) is 34.5 Å². The van der Waals surface area contributed by atoms with E-state index >= 15 is 0 Å². The summed E-state index contributed by atoms with van der Waals surface area (Å²) in [7, 11) is 0. The van der Waals surface area contributed by atoms with E-state index in [0.717, 1.165) is 24.2 Å². The normalized spacial score (nSPS) is 51.6. The summed E-state index contributed by atoms with van der Waals surface area (Å²) in [6, 6.07) is 0. The lowest BCUT2D eigenvalue weighted by molar-refractivity contribution is -0.190. The standard InChI is InChI=1S/C18H26O2/c1-16(2,3)20-15(19)17(4)7-6-12-11-5-8-18(9-11)10-13(17)14(12)18/h5,8,11-14H,6-7,9-10H2,1-4H3. The Morgan fingerprint density at radius 1 is 1.30 bits per heavy atom. The predicted molar refractivity (Wildman–Crippen MR) is 78.0 cm³/mol. The van der Waals surface area contributed by atoms with Gasteiger partial charge in [-0.25, -0.2) is 0 Å². The number of carbonyl (C=O) groups excluding carboxylic acids is 1. The van der Waals surface area contributed by atoms with E-state index in [0.29, 0.717) is 11.3 Å². The van der Waals surface area contributed by atoms with Crippen LogP contribution in [0.5, 0.6) is 0 Å². The Morgan fingerprint density at radius 2 is 2.05 bits per heavy atom. The number of carbonyl (C=O) groups is 1. The molecule has 3 saturated carbocycles. The highest BCUT2D eigenvalue weighted by molar-refractivity contribution is 5.78. The summed E-state index contributed by atoms with van der Waals surface area (Å²) in [5, 5.41) is 0. The molecule has 2 bridgehead atoms. The van der Waals surface area contributed by atoms with Crippen molar-refractivity contribution in [3.05, 3.63) is 12.2 Å². The summed E-state index contributed by atoms with van der Waals surface area (Å²) in [5.41, 5.74) is -0.130. The third-order valence-corrected chi connectivity index (χ3v) is 6.68. The van der Waals surface area contributed by atoms with Crippen LogP contribution < -0.4 is 0 Å². The monoisotopic (exact) mass is 274 g/mol. The summed E-state index contributed by atoms with van der Waals surface area (Å²) in [5.74, 6) is 3.05. The van der Waals surface area contributed by atoms with Gasteiger partial charge in [-0.2, -0.15) is 0 Å². The van der Waals surface area contributed by atoms with Crippen molar-refractivity contribution < 1.29 is 9.53 Å². The van der Waals surface area contributed by atoms with Gasteiger partial charge in [-0.15, -0.1) is 0 Å². The van der Waals surface area contributed by atoms with E-state index in [-0.39, 0.29) is 17.0 Å². The molecule has 0 saturated heterocycles. The Bertz CT molecular complexity index is 500. The molecular weight excluding hydrogens is 248 g/mol. The number of hydrogen-bond acceptors (Lipinski definition) is 2. The van der Waals surface area contributed by atoms with E-state index in [9.17, 15) is 4.79 Å². The first-order valence-electron chi connectivity index (χ1n) is 8.18. The van der Waals surface area contributed by atoms with Crippen molar-refractivity contribution in [3.63, 3.8) is 0 Å². The second-order valence-electron chi connectivity index (χ2n) is 8.92. The van der Waals surface area contributed by atoms with Crippen LogP contribution in [0.2, 0.25) is 0 Å². The maximum atomic E-state index is 12.7. The molecule has 2 heteroatoms. The first kappa shape index (κ1) is 12.9. The maximum Gasteiger partial charge on any atom is 0.312 e. The van der Waals surface area contributed by atoms with E-state index < -0.39 is 0 Å². The zero-order valence-electron chi connectivity index (χ0n) is 13.1. The Balaban J connectivity index is 1.60. The minimum Gasteiger partial charge on any atom is -0.460 e. The fourth-order valence-electron chi connectivity index (χ4n) is 5.80. The lowest BCUT2D eigenvalue weighted by Crippen LogP contribution is -2.59. The number of hydrogen-bond donors (Lipinski definition) is 0. The molecule has 0 amide bonds. The van der Waals surface area contributed by atoms with Crippen LogP contribution in [0.1, 0.15) is 53.4 Å². The van der Waals surface area contributed by atoms with Crippen LogP contribution in [0.15, 0.2) is 12.2 Å². The van der Waals surface area contributed by atoms with Gasteiger partial charge in [-0.05, 0) is 82.5 Å². The van der Waals surface area contributed by atoms with Crippen molar-refractivity contribution in [3.8, 4) is 0 Å². The van der Waals surface area contributed by atoms with Crippen LogP contribution in [-0.4, -0.2) is 11.6 Å². The maximum absolute atomic E-state index is 12.7. The number of fused-ring (bicyclic) bond motifs is 2. The van der Waals surface area contributed by atoms with E-state index in [1.807, 2.05) is 20.8 Å². The third kappa shape index (κ3) is 1.43. The molecule has 0 N–H and O–H groups in total. The lowest BCUT2D eigenvalue weighted by Gasteiger charge is -2.61. The van der Waals surface area contributed by atoms with Gasteiger partial charge in [0, 0.05) is 0 Å². The van der Waals surface area contributed by atoms with E-state index in [1.54, 1.807) is 0 Å². The van der Waals surface area contributed by atoms with E-state index in [1.165, 1.54) is 19.3 Å². The molecule has 2 nitrogen and oxygen atoms in total. The molecule has 0 radical (unpaired) electrons. The molecule has 0 aliphatic heterocycles. The highest BCUT2D eigenvalue weighted by Gasteiger charge is 2.71. The molecule has 20 heavy (non-hydrogen) atoms. The predicted octanol–water partition coefficient (Wildman–Crippen LogP) is 3.96. The average Bonchev–Trinajstić information content (AvgIpc) is 2.83. The highest BCUT2D eigenvalue weighted by Crippen LogP contribution is 2.76. The van der Waals surface area contributed by atoms with Crippen LogP contribution in [-0.2, 0) is 9.53 Å². The topological polar surface area (TPSA) is 26.3 Å². The molecule has 3 fully saturated rings. The van der Waals surface area contributed by atoms with Crippen molar-refractivity contribution >= 4 is 5.97 Å². The van der Waals surface area contributed by atoms with Crippen LogP contribution in [0.25, 0.3) is 0 Å². The van der Waals surface area contributed by atoms with Gasteiger partial charge in [0.1, 0.15) is 5.60 Å². The number of esters is 1. The number of ether oxygens (including phenoxy) is 1. The molecule has 0 aromatic carbocycles. The van der Waals surface area contributed by atoms with E-state index in [2.05, 4.69) is 19.1 Å². The summed E-state index contributed by atoms with van der Waals surface area (Å²) >= 11 is 0. The minimum absolute atomic E-state index is 0.0510. The molecule has 6 unspecified atom stereocenters. The fourth-order valence-corrected chi connectivity index (χ4v) is 5.80. The van der Waals surface area contributed by atoms with Gasteiger partial charge in [-0.1, -0.05) is 12.2 Å². The van der Waals surface area contributed by atoms with Crippen molar-refractivity contribution in [2.45, 2.75) is 59.0 Å². The number of allylic oxidation sites excluding steroid dienone is 2.